The summed E-state index contributed by atoms with van der Waals surface area (Å²) in [5.74, 6) is 0.396. The van der Waals surface area contributed by atoms with Crippen molar-refractivity contribution in [1.29, 1.82) is 0 Å². The number of nitrogens with one attached hydrogen (secondary N) is 1. The molecule has 0 aliphatic carbocycles. The molecule has 0 fully saturated rings. The molecule has 0 radical (unpaired) electrons. The molecule has 0 aliphatic rings. The van der Waals surface area contributed by atoms with Crippen LogP contribution in [0.15, 0.2) is 54.6 Å². The van der Waals surface area contributed by atoms with Crippen LogP contribution < -0.4 is 10.2 Å². The molecule has 0 aliphatic heterocycles. The van der Waals surface area contributed by atoms with Gasteiger partial charge in [0.2, 0.25) is 5.91 Å². The van der Waals surface area contributed by atoms with Crippen LogP contribution in [0.2, 0.25) is 0 Å². The average Bonchev–Trinajstić information content (AvgIpc) is 2.52. The third kappa shape index (κ3) is 3.83. The van der Waals surface area contributed by atoms with Gasteiger partial charge in [0.1, 0.15) is 5.75 Å². The first-order chi connectivity index (χ1) is 9.81. The Hall–Kier alpha value is -2.33. The maximum absolute atomic E-state index is 10.9. The highest BCUT2D eigenvalue weighted by atomic mass is 16.5. The summed E-state index contributed by atoms with van der Waals surface area (Å²) in [6.07, 6.45) is 0.791. The lowest BCUT2D eigenvalue weighted by Gasteiger charge is -2.11. The Labute approximate surface area is 118 Å². The Morgan fingerprint density at radius 1 is 1.05 bits per heavy atom. The molecule has 0 aromatic heterocycles. The highest BCUT2D eigenvalue weighted by Crippen LogP contribution is 2.29. The fourth-order valence-electron chi connectivity index (χ4n) is 1.92. The van der Waals surface area contributed by atoms with Crippen LogP contribution >= 0.6 is 0 Å². The minimum atomic E-state index is -0.398. The van der Waals surface area contributed by atoms with E-state index < -0.39 is 5.91 Å². The summed E-state index contributed by atoms with van der Waals surface area (Å²) < 4.78 is 5.72. The number of rotatable bonds is 6. The van der Waals surface area contributed by atoms with Crippen LogP contribution in [0, 0.1) is 0 Å². The van der Waals surface area contributed by atoms with Crippen LogP contribution in [0.3, 0.4) is 0 Å². The first-order valence-corrected chi connectivity index (χ1v) is 6.51. The van der Waals surface area contributed by atoms with Gasteiger partial charge >= 0.3 is 0 Å². The van der Waals surface area contributed by atoms with Gasteiger partial charge in [-0.1, -0.05) is 48.5 Å². The van der Waals surface area contributed by atoms with Crippen LogP contribution in [0.1, 0.15) is 12.8 Å². The van der Waals surface area contributed by atoms with E-state index in [9.17, 15) is 4.79 Å². The molecule has 20 heavy (non-hydrogen) atoms. The first kappa shape index (κ1) is 14.1. The van der Waals surface area contributed by atoms with Crippen LogP contribution in [-0.4, -0.2) is 17.7 Å². The van der Waals surface area contributed by atoms with Gasteiger partial charge in [-0.2, -0.15) is 0 Å². The topological polar surface area (TPSA) is 58.6 Å². The van der Waals surface area contributed by atoms with E-state index in [-0.39, 0.29) is 6.42 Å². The number of benzene rings is 2. The predicted octanol–water partition coefficient (Wildman–Crippen LogP) is 3.02. The molecule has 0 atom stereocenters. The Bertz CT molecular complexity index is 555. The second-order valence-electron chi connectivity index (χ2n) is 4.35. The molecule has 2 aromatic carbocycles. The van der Waals surface area contributed by atoms with Gasteiger partial charge in [-0.15, -0.1) is 0 Å². The number of hydrogen-bond donors (Lipinski definition) is 2. The molecule has 2 rings (SSSR count). The zero-order chi connectivity index (χ0) is 14.2. The molecule has 0 saturated heterocycles. The minimum absolute atomic E-state index is 0.240. The summed E-state index contributed by atoms with van der Waals surface area (Å²) in [4.78, 5) is 10.9. The van der Waals surface area contributed by atoms with Crippen molar-refractivity contribution in [2.75, 3.05) is 6.61 Å². The van der Waals surface area contributed by atoms with Crippen molar-refractivity contribution in [3.63, 3.8) is 0 Å². The number of hydrogen-bond acceptors (Lipinski definition) is 3. The number of carbonyl (C=O) groups excluding carboxylic acids is 1. The van der Waals surface area contributed by atoms with E-state index in [0.29, 0.717) is 13.0 Å². The highest BCUT2D eigenvalue weighted by Gasteiger charge is 2.05. The van der Waals surface area contributed by atoms with Crippen molar-refractivity contribution >= 4 is 5.91 Å². The molecule has 0 heterocycles. The zero-order valence-corrected chi connectivity index (χ0v) is 11.1. The molecule has 104 valence electrons. The molecular weight excluding hydrogens is 254 g/mol. The van der Waals surface area contributed by atoms with E-state index in [1.807, 2.05) is 54.6 Å². The van der Waals surface area contributed by atoms with E-state index >= 15 is 0 Å². The van der Waals surface area contributed by atoms with Gasteiger partial charge in [-0.3, -0.25) is 10.0 Å². The SMILES string of the molecule is O=C(CCCOc1ccccc1-c1ccccc1)NO. The summed E-state index contributed by atoms with van der Waals surface area (Å²) in [5.41, 5.74) is 3.73. The van der Waals surface area contributed by atoms with E-state index in [1.165, 1.54) is 0 Å². The van der Waals surface area contributed by atoms with Crippen LogP contribution in [0.4, 0.5) is 0 Å². The van der Waals surface area contributed by atoms with Gasteiger partial charge in [0.05, 0.1) is 6.61 Å². The summed E-state index contributed by atoms with van der Waals surface area (Å²) in [6, 6.07) is 17.8. The number of carbonyl (C=O) groups is 1. The fraction of sp³-hybridized carbons (Fsp3) is 0.188. The molecule has 0 saturated carbocycles. The monoisotopic (exact) mass is 271 g/mol. The van der Waals surface area contributed by atoms with Crippen LogP contribution in [0.5, 0.6) is 5.75 Å². The molecule has 0 spiro atoms. The van der Waals surface area contributed by atoms with Gasteiger partial charge in [0.15, 0.2) is 0 Å². The Morgan fingerprint density at radius 3 is 2.50 bits per heavy atom. The first-order valence-electron chi connectivity index (χ1n) is 6.51. The third-order valence-electron chi connectivity index (χ3n) is 2.90. The second-order valence-corrected chi connectivity index (χ2v) is 4.35. The number of hydroxylamine groups is 1. The highest BCUT2D eigenvalue weighted by molar-refractivity contribution is 5.74. The maximum atomic E-state index is 10.9. The van der Waals surface area contributed by atoms with E-state index in [0.717, 1.165) is 16.9 Å². The summed E-state index contributed by atoms with van der Waals surface area (Å²) >= 11 is 0. The Balaban J connectivity index is 2.00. The quantitative estimate of drug-likeness (QED) is 0.482. The normalized spacial score (nSPS) is 10.1. The van der Waals surface area contributed by atoms with Crippen molar-refractivity contribution in [3.05, 3.63) is 54.6 Å². The lowest BCUT2D eigenvalue weighted by Crippen LogP contribution is -2.18. The van der Waals surface area contributed by atoms with Gasteiger partial charge in [0.25, 0.3) is 0 Å². The standard InChI is InChI=1S/C16H17NO3/c18-16(17-19)11-6-12-20-15-10-5-4-9-14(15)13-7-2-1-3-8-13/h1-5,7-10,19H,6,11-12H2,(H,17,18). The van der Waals surface area contributed by atoms with Gasteiger partial charge < -0.3 is 4.74 Å². The molecule has 1 amide bonds. The zero-order valence-electron chi connectivity index (χ0n) is 11.1. The second kappa shape index (κ2) is 7.31. The van der Waals surface area contributed by atoms with Crippen molar-refractivity contribution < 1.29 is 14.7 Å². The largest absolute Gasteiger partial charge is 0.493 e. The summed E-state index contributed by atoms with van der Waals surface area (Å²) in [7, 11) is 0. The van der Waals surface area contributed by atoms with Gasteiger partial charge in [-0.05, 0) is 18.1 Å². The van der Waals surface area contributed by atoms with E-state index in [1.54, 1.807) is 5.48 Å². The number of para-hydroxylation sites is 1. The fourth-order valence-corrected chi connectivity index (χ4v) is 1.92. The average molecular weight is 271 g/mol. The van der Waals surface area contributed by atoms with Crippen molar-refractivity contribution in [2.24, 2.45) is 0 Å². The summed E-state index contributed by atoms with van der Waals surface area (Å²) in [5, 5.41) is 8.40. The van der Waals surface area contributed by atoms with E-state index in [2.05, 4.69) is 0 Å². The molecule has 2 aromatic rings. The van der Waals surface area contributed by atoms with Gasteiger partial charge in [0, 0.05) is 12.0 Å². The molecule has 2 N–H and O–H groups in total. The van der Waals surface area contributed by atoms with E-state index in [4.69, 9.17) is 9.94 Å². The maximum Gasteiger partial charge on any atom is 0.243 e. The van der Waals surface area contributed by atoms with Crippen LogP contribution in [0.25, 0.3) is 11.1 Å². The molecular formula is C16H17NO3. The number of amides is 1. The predicted molar refractivity (Wildman–Crippen MR) is 76.5 cm³/mol. The molecule has 4 nitrogen and oxygen atoms in total. The van der Waals surface area contributed by atoms with Gasteiger partial charge in [-0.25, -0.2) is 5.48 Å². The lowest BCUT2D eigenvalue weighted by atomic mass is 10.1. The molecule has 0 unspecified atom stereocenters. The van der Waals surface area contributed by atoms with Crippen molar-refractivity contribution in [2.45, 2.75) is 12.8 Å². The van der Waals surface area contributed by atoms with Crippen molar-refractivity contribution in [1.82, 2.24) is 5.48 Å². The molecule has 4 heteroatoms. The Morgan fingerprint density at radius 2 is 1.75 bits per heavy atom. The third-order valence-corrected chi connectivity index (χ3v) is 2.90. The number of ether oxygens (including phenoxy) is 1. The summed E-state index contributed by atoms with van der Waals surface area (Å²) in [6.45, 7) is 0.428. The Kier molecular flexibility index (Phi) is 5.15. The lowest BCUT2D eigenvalue weighted by molar-refractivity contribution is -0.129. The van der Waals surface area contributed by atoms with Crippen LogP contribution in [-0.2, 0) is 4.79 Å². The molecule has 0 bridgehead atoms. The minimum Gasteiger partial charge on any atom is -0.493 e. The smallest absolute Gasteiger partial charge is 0.243 e. The van der Waals surface area contributed by atoms with Crippen molar-refractivity contribution in [3.8, 4) is 16.9 Å².